The van der Waals surface area contributed by atoms with Crippen molar-refractivity contribution in [3.8, 4) is 0 Å². The molecular weight excluding hydrogens is 308 g/mol. The van der Waals surface area contributed by atoms with Crippen molar-refractivity contribution in [1.82, 2.24) is 0 Å². The molecule has 0 radical (unpaired) electrons. The van der Waals surface area contributed by atoms with Gasteiger partial charge in [0.15, 0.2) is 9.84 Å². The van der Waals surface area contributed by atoms with E-state index < -0.39 is 21.2 Å². The zero-order chi connectivity index (χ0) is 15.6. The number of rotatable bonds is 4. The molecule has 0 saturated carbocycles. The predicted molar refractivity (Wildman–Crippen MR) is 84.2 cm³/mol. The number of benzene rings is 2. The minimum atomic E-state index is -3.62. The number of hydrogen-bond acceptors (Lipinski definition) is 3. The molecule has 0 amide bonds. The van der Waals surface area contributed by atoms with Crippen molar-refractivity contribution < 1.29 is 13.5 Å². The first-order valence-electron chi connectivity index (χ1n) is 6.56. The monoisotopic (exact) mass is 324 g/mol. The van der Waals surface area contributed by atoms with Gasteiger partial charge in [0.05, 0.1) is 16.2 Å². The molecule has 2 unspecified atom stereocenters. The Morgan fingerprint density at radius 2 is 1.52 bits per heavy atom. The summed E-state index contributed by atoms with van der Waals surface area (Å²) in [6.07, 6.45) is -1.08. The predicted octanol–water partition coefficient (Wildman–Crippen LogP) is 3.54. The lowest BCUT2D eigenvalue weighted by atomic mass is 10.1. The van der Waals surface area contributed by atoms with Crippen molar-refractivity contribution in [2.24, 2.45) is 0 Å². The quantitative estimate of drug-likeness (QED) is 0.935. The van der Waals surface area contributed by atoms with Crippen LogP contribution in [0.1, 0.15) is 24.2 Å². The Bertz CT molecular complexity index is 706. The van der Waals surface area contributed by atoms with Gasteiger partial charge in [-0.15, -0.1) is 0 Å². The van der Waals surface area contributed by atoms with Crippen LogP contribution in [-0.2, 0) is 9.84 Å². The van der Waals surface area contributed by atoms with E-state index in [-0.39, 0.29) is 4.90 Å². The molecule has 2 rings (SSSR count). The second-order valence-electron chi connectivity index (χ2n) is 5.06. The SMILES string of the molecule is Cc1ccc(C(O)C(C)S(=O)(=O)c2ccc(Cl)cc2)cc1. The van der Waals surface area contributed by atoms with Gasteiger partial charge in [-0.25, -0.2) is 8.42 Å². The van der Waals surface area contributed by atoms with Crippen LogP contribution in [0.4, 0.5) is 0 Å². The molecule has 0 aromatic heterocycles. The van der Waals surface area contributed by atoms with Crippen molar-refractivity contribution in [3.63, 3.8) is 0 Å². The fourth-order valence-electron chi connectivity index (χ4n) is 2.04. The molecule has 0 saturated heterocycles. The summed E-state index contributed by atoms with van der Waals surface area (Å²) >= 11 is 5.77. The van der Waals surface area contributed by atoms with Gasteiger partial charge >= 0.3 is 0 Å². The molecule has 0 fully saturated rings. The second kappa shape index (κ2) is 6.18. The number of aliphatic hydroxyl groups excluding tert-OH is 1. The van der Waals surface area contributed by atoms with E-state index in [1.165, 1.54) is 31.2 Å². The summed E-state index contributed by atoms with van der Waals surface area (Å²) in [6, 6.07) is 13.1. The van der Waals surface area contributed by atoms with E-state index in [9.17, 15) is 13.5 Å². The minimum absolute atomic E-state index is 0.158. The van der Waals surface area contributed by atoms with Crippen molar-refractivity contribution >= 4 is 21.4 Å². The Morgan fingerprint density at radius 3 is 2.05 bits per heavy atom. The maximum atomic E-state index is 12.5. The van der Waals surface area contributed by atoms with Crippen LogP contribution in [0.3, 0.4) is 0 Å². The molecular formula is C16H17ClO3S. The lowest BCUT2D eigenvalue weighted by Gasteiger charge is -2.20. The van der Waals surface area contributed by atoms with Crippen LogP contribution >= 0.6 is 11.6 Å². The highest BCUT2D eigenvalue weighted by Gasteiger charge is 2.30. The number of aryl methyl sites for hydroxylation is 1. The third kappa shape index (κ3) is 3.46. The zero-order valence-electron chi connectivity index (χ0n) is 11.8. The Kier molecular flexibility index (Phi) is 4.71. The highest BCUT2D eigenvalue weighted by atomic mass is 35.5. The third-order valence-corrected chi connectivity index (χ3v) is 5.91. The summed E-state index contributed by atoms with van der Waals surface area (Å²) in [5, 5.41) is 9.86. The van der Waals surface area contributed by atoms with E-state index in [0.717, 1.165) is 5.56 Å². The van der Waals surface area contributed by atoms with Gasteiger partial charge in [-0.3, -0.25) is 0 Å². The molecule has 1 N–H and O–H groups in total. The van der Waals surface area contributed by atoms with Crippen LogP contribution in [0.2, 0.25) is 5.02 Å². The van der Waals surface area contributed by atoms with Crippen LogP contribution in [0.25, 0.3) is 0 Å². The topological polar surface area (TPSA) is 54.4 Å². The van der Waals surface area contributed by atoms with Crippen LogP contribution < -0.4 is 0 Å². The van der Waals surface area contributed by atoms with Gasteiger partial charge in [0.1, 0.15) is 0 Å². The van der Waals surface area contributed by atoms with E-state index in [0.29, 0.717) is 10.6 Å². The normalized spacial score (nSPS) is 14.7. The lowest BCUT2D eigenvalue weighted by Crippen LogP contribution is -2.25. The molecule has 21 heavy (non-hydrogen) atoms. The summed E-state index contributed by atoms with van der Waals surface area (Å²) in [4.78, 5) is 0.158. The third-order valence-electron chi connectivity index (χ3n) is 3.50. The molecule has 0 heterocycles. The van der Waals surface area contributed by atoms with Gasteiger partial charge in [0.2, 0.25) is 0 Å². The first-order valence-corrected chi connectivity index (χ1v) is 8.49. The first-order chi connectivity index (χ1) is 9.82. The van der Waals surface area contributed by atoms with Gasteiger partial charge in [0.25, 0.3) is 0 Å². The molecule has 112 valence electrons. The van der Waals surface area contributed by atoms with E-state index in [1.807, 2.05) is 19.1 Å². The summed E-state index contributed by atoms with van der Waals surface area (Å²) in [5.41, 5.74) is 1.64. The Hall–Kier alpha value is -1.36. The smallest absolute Gasteiger partial charge is 0.183 e. The van der Waals surface area contributed by atoms with Gasteiger partial charge in [-0.1, -0.05) is 41.4 Å². The summed E-state index contributed by atoms with van der Waals surface area (Å²) in [6.45, 7) is 3.44. The molecule has 2 atom stereocenters. The van der Waals surface area contributed by atoms with Crippen molar-refractivity contribution in [2.75, 3.05) is 0 Å². The average Bonchev–Trinajstić information content (AvgIpc) is 2.47. The molecule has 3 nitrogen and oxygen atoms in total. The zero-order valence-corrected chi connectivity index (χ0v) is 13.4. The molecule has 2 aromatic carbocycles. The highest BCUT2D eigenvalue weighted by molar-refractivity contribution is 7.92. The molecule has 5 heteroatoms. The molecule has 0 bridgehead atoms. The lowest BCUT2D eigenvalue weighted by molar-refractivity contribution is 0.176. The van der Waals surface area contributed by atoms with E-state index >= 15 is 0 Å². The number of sulfone groups is 1. The standard InChI is InChI=1S/C16H17ClO3S/c1-11-3-5-13(6-4-11)16(18)12(2)21(19,20)15-9-7-14(17)8-10-15/h3-10,12,16,18H,1-2H3. The molecule has 2 aromatic rings. The van der Waals surface area contributed by atoms with Crippen LogP contribution in [-0.4, -0.2) is 18.8 Å². The first kappa shape index (κ1) is 16.0. The molecule has 0 aliphatic heterocycles. The van der Waals surface area contributed by atoms with Crippen LogP contribution in [0.5, 0.6) is 0 Å². The maximum Gasteiger partial charge on any atom is 0.183 e. The average molecular weight is 325 g/mol. The second-order valence-corrected chi connectivity index (χ2v) is 7.80. The van der Waals surface area contributed by atoms with Gasteiger partial charge in [-0.05, 0) is 43.7 Å². The van der Waals surface area contributed by atoms with Crippen molar-refractivity contribution in [1.29, 1.82) is 0 Å². The molecule has 0 spiro atoms. The molecule has 0 aliphatic rings. The minimum Gasteiger partial charge on any atom is -0.387 e. The van der Waals surface area contributed by atoms with Crippen molar-refractivity contribution in [2.45, 2.75) is 30.1 Å². The van der Waals surface area contributed by atoms with E-state index in [2.05, 4.69) is 0 Å². The Morgan fingerprint density at radius 1 is 1.00 bits per heavy atom. The van der Waals surface area contributed by atoms with Gasteiger partial charge < -0.3 is 5.11 Å². The van der Waals surface area contributed by atoms with Crippen LogP contribution in [0, 0.1) is 6.92 Å². The number of aliphatic hydroxyl groups is 1. The summed E-state index contributed by atoms with van der Waals surface area (Å²) < 4.78 is 25.0. The largest absolute Gasteiger partial charge is 0.387 e. The summed E-state index contributed by atoms with van der Waals surface area (Å²) in [7, 11) is -3.62. The van der Waals surface area contributed by atoms with E-state index in [4.69, 9.17) is 11.6 Å². The van der Waals surface area contributed by atoms with Gasteiger partial charge in [0, 0.05) is 5.02 Å². The van der Waals surface area contributed by atoms with E-state index in [1.54, 1.807) is 12.1 Å². The highest BCUT2D eigenvalue weighted by Crippen LogP contribution is 2.27. The summed E-state index contributed by atoms with van der Waals surface area (Å²) in [5.74, 6) is 0. The number of hydrogen-bond donors (Lipinski definition) is 1. The maximum absolute atomic E-state index is 12.5. The van der Waals surface area contributed by atoms with Crippen molar-refractivity contribution in [3.05, 3.63) is 64.7 Å². The fourth-order valence-corrected chi connectivity index (χ4v) is 3.61. The van der Waals surface area contributed by atoms with Crippen LogP contribution in [0.15, 0.2) is 53.4 Å². The Balaban J connectivity index is 2.31. The number of halogens is 1. The van der Waals surface area contributed by atoms with Gasteiger partial charge in [-0.2, -0.15) is 0 Å². The molecule has 0 aliphatic carbocycles. The Labute approximate surface area is 130 Å². The fraction of sp³-hybridized carbons (Fsp3) is 0.250.